The summed E-state index contributed by atoms with van der Waals surface area (Å²) in [5.41, 5.74) is 5.55. The van der Waals surface area contributed by atoms with Gasteiger partial charge in [0.2, 0.25) is 0 Å². The van der Waals surface area contributed by atoms with Gasteiger partial charge in [-0.2, -0.15) is 5.26 Å². The van der Waals surface area contributed by atoms with E-state index in [2.05, 4.69) is 17.9 Å². The summed E-state index contributed by atoms with van der Waals surface area (Å²) in [4.78, 5) is 2.47. The Morgan fingerprint density at radius 3 is 3.08 bits per heavy atom. The van der Waals surface area contributed by atoms with E-state index < -0.39 is 0 Å². The van der Waals surface area contributed by atoms with Crippen molar-refractivity contribution in [2.75, 3.05) is 13.1 Å². The van der Waals surface area contributed by atoms with Gasteiger partial charge in [-0.15, -0.1) is 0 Å². The molecule has 0 radical (unpaired) electrons. The van der Waals surface area contributed by atoms with E-state index in [4.69, 9.17) is 11.0 Å². The lowest BCUT2D eigenvalue weighted by atomic mass is 10.1. The van der Waals surface area contributed by atoms with Gasteiger partial charge in [0.25, 0.3) is 0 Å². The molecule has 2 N–H and O–H groups in total. The smallest absolute Gasteiger partial charge is 0.0940 e. The number of nitriles is 1. The number of likely N-dealkylation sites (tertiary alicyclic amines) is 1. The van der Waals surface area contributed by atoms with Crippen molar-refractivity contribution in [1.82, 2.24) is 4.90 Å². The van der Waals surface area contributed by atoms with Crippen LogP contribution in [0.4, 0.5) is 0 Å². The first-order chi connectivity index (χ1) is 6.27. The summed E-state index contributed by atoms with van der Waals surface area (Å²) in [5, 5.41) is 8.54. The second-order valence-electron chi connectivity index (χ2n) is 3.76. The van der Waals surface area contributed by atoms with E-state index in [1.54, 1.807) is 0 Å². The third-order valence-corrected chi connectivity index (χ3v) is 2.86. The van der Waals surface area contributed by atoms with Crippen LogP contribution in [0.25, 0.3) is 0 Å². The molecule has 3 heteroatoms. The summed E-state index contributed by atoms with van der Waals surface area (Å²) in [5.74, 6) is 0. The van der Waals surface area contributed by atoms with Crippen molar-refractivity contribution >= 4 is 0 Å². The Morgan fingerprint density at radius 1 is 1.69 bits per heavy atom. The number of nitrogens with zero attached hydrogens (tertiary/aromatic N) is 2. The highest BCUT2D eigenvalue weighted by Crippen LogP contribution is 2.19. The molecule has 1 saturated heterocycles. The molecule has 0 saturated carbocycles. The minimum Gasteiger partial charge on any atom is -0.316 e. The highest BCUT2D eigenvalue weighted by atomic mass is 15.2. The first-order valence-electron chi connectivity index (χ1n) is 5.17. The molecule has 0 aromatic carbocycles. The fourth-order valence-corrected chi connectivity index (χ4v) is 2.02. The van der Waals surface area contributed by atoms with E-state index >= 15 is 0 Å². The monoisotopic (exact) mass is 181 g/mol. The van der Waals surface area contributed by atoms with Crippen LogP contribution >= 0.6 is 0 Å². The lowest BCUT2D eigenvalue weighted by molar-refractivity contribution is 0.243. The molecular weight excluding hydrogens is 162 g/mol. The van der Waals surface area contributed by atoms with E-state index in [0.29, 0.717) is 0 Å². The van der Waals surface area contributed by atoms with Gasteiger partial charge in [0.05, 0.1) is 12.1 Å². The largest absolute Gasteiger partial charge is 0.316 e. The lowest BCUT2D eigenvalue weighted by Gasteiger charge is -2.23. The van der Waals surface area contributed by atoms with Gasteiger partial charge in [-0.25, -0.2) is 0 Å². The van der Waals surface area contributed by atoms with Crippen LogP contribution in [0.5, 0.6) is 0 Å². The van der Waals surface area contributed by atoms with Crippen molar-refractivity contribution in [1.29, 1.82) is 5.26 Å². The van der Waals surface area contributed by atoms with Gasteiger partial charge in [0, 0.05) is 12.6 Å². The van der Waals surface area contributed by atoms with Gasteiger partial charge >= 0.3 is 0 Å². The summed E-state index contributed by atoms with van der Waals surface area (Å²) in [6, 6.07) is 2.53. The summed E-state index contributed by atoms with van der Waals surface area (Å²) < 4.78 is 0. The topological polar surface area (TPSA) is 53.0 Å². The highest BCUT2D eigenvalue weighted by molar-refractivity contribution is 4.88. The Bertz CT molecular complexity index is 185. The first kappa shape index (κ1) is 10.5. The molecule has 0 aromatic rings. The number of nitrogens with two attached hydrogens (primary N) is 1. The Balaban J connectivity index is 2.24. The fraction of sp³-hybridized carbons (Fsp3) is 0.900. The molecule has 74 valence electrons. The molecule has 3 nitrogen and oxygen atoms in total. The van der Waals surface area contributed by atoms with Gasteiger partial charge in [-0.1, -0.05) is 6.92 Å². The highest BCUT2D eigenvalue weighted by Gasteiger charge is 2.22. The third-order valence-electron chi connectivity index (χ3n) is 2.86. The van der Waals surface area contributed by atoms with Gasteiger partial charge in [-0.05, 0) is 32.2 Å². The molecule has 1 fully saturated rings. The zero-order valence-electron chi connectivity index (χ0n) is 8.37. The maximum Gasteiger partial charge on any atom is 0.0940 e. The predicted octanol–water partition coefficient (Wildman–Crippen LogP) is 1.10. The van der Waals surface area contributed by atoms with Crippen LogP contribution in [0, 0.1) is 11.3 Å². The Labute approximate surface area is 80.5 Å². The SMILES string of the molecule is CCC1CCCN1CCC(N)C#N. The van der Waals surface area contributed by atoms with Crippen molar-refractivity contribution in [2.45, 2.75) is 44.7 Å². The average Bonchev–Trinajstić information content (AvgIpc) is 2.61. The van der Waals surface area contributed by atoms with Crippen LogP contribution < -0.4 is 5.73 Å². The molecule has 1 aliphatic rings. The van der Waals surface area contributed by atoms with E-state index in [0.717, 1.165) is 19.0 Å². The van der Waals surface area contributed by atoms with Gasteiger partial charge in [0.15, 0.2) is 0 Å². The second kappa shape index (κ2) is 5.21. The molecular formula is C10H19N3. The van der Waals surface area contributed by atoms with Crippen LogP contribution in [0.1, 0.15) is 32.6 Å². The molecule has 2 atom stereocenters. The Morgan fingerprint density at radius 2 is 2.46 bits per heavy atom. The maximum atomic E-state index is 8.54. The second-order valence-corrected chi connectivity index (χ2v) is 3.76. The first-order valence-corrected chi connectivity index (χ1v) is 5.17. The van der Waals surface area contributed by atoms with Gasteiger partial charge in [-0.3, -0.25) is 0 Å². The van der Waals surface area contributed by atoms with E-state index in [1.807, 2.05) is 0 Å². The molecule has 1 rings (SSSR count). The summed E-state index contributed by atoms with van der Waals surface area (Å²) >= 11 is 0. The average molecular weight is 181 g/mol. The summed E-state index contributed by atoms with van der Waals surface area (Å²) in [6.07, 6.45) is 4.66. The normalized spacial score (nSPS) is 25.8. The van der Waals surface area contributed by atoms with Crippen molar-refractivity contribution < 1.29 is 0 Å². The number of hydrogen-bond donors (Lipinski definition) is 1. The van der Waals surface area contributed by atoms with Crippen LogP contribution in [0.15, 0.2) is 0 Å². The Hall–Kier alpha value is -0.590. The van der Waals surface area contributed by atoms with Gasteiger partial charge < -0.3 is 10.6 Å². The molecule has 2 unspecified atom stereocenters. The van der Waals surface area contributed by atoms with Crippen molar-refractivity contribution in [2.24, 2.45) is 5.73 Å². The minimum atomic E-state index is -0.280. The molecule has 0 bridgehead atoms. The van der Waals surface area contributed by atoms with Crippen molar-refractivity contribution in [3.63, 3.8) is 0 Å². The number of rotatable bonds is 4. The summed E-state index contributed by atoms with van der Waals surface area (Å²) in [6.45, 7) is 4.41. The van der Waals surface area contributed by atoms with Crippen molar-refractivity contribution in [3.8, 4) is 6.07 Å². The third kappa shape index (κ3) is 2.98. The number of hydrogen-bond acceptors (Lipinski definition) is 3. The zero-order valence-corrected chi connectivity index (χ0v) is 8.37. The zero-order chi connectivity index (χ0) is 9.68. The molecule has 1 aliphatic heterocycles. The fourth-order valence-electron chi connectivity index (χ4n) is 2.02. The van der Waals surface area contributed by atoms with E-state index in [9.17, 15) is 0 Å². The minimum absolute atomic E-state index is 0.280. The van der Waals surface area contributed by atoms with Crippen LogP contribution in [-0.4, -0.2) is 30.1 Å². The predicted molar refractivity (Wildman–Crippen MR) is 53.1 cm³/mol. The molecule has 0 amide bonds. The molecule has 13 heavy (non-hydrogen) atoms. The summed E-state index contributed by atoms with van der Waals surface area (Å²) in [7, 11) is 0. The van der Waals surface area contributed by atoms with Crippen LogP contribution in [-0.2, 0) is 0 Å². The molecule has 0 aliphatic carbocycles. The molecule has 0 aromatic heterocycles. The maximum absolute atomic E-state index is 8.54. The van der Waals surface area contributed by atoms with E-state index in [-0.39, 0.29) is 6.04 Å². The van der Waals surface area contributed by atoms with Crippen LogP contribution in [0.2, 0.25) is 0 Å². The Kier molecular flexibility index (Phi) is 4.20. The quantitative estimate of drug-likeness (QED) is 0.706. The molecule has 0 spiro atoms. The lowest BCUT2D eigenvalue weighted by Crippen LogP contribution is -2.33. The van der Waals surface area contributed by atoms with Crippen LogP contribution in [0.3, 0.4) is 0 Å². The van der Waals surface area contributed by atoms with Gasteiger partial charge in [0.1, 0.15) is 0 Å². The standard InChI is InChI=1S/C10H19N3/c1-2-10-4-3-6-13(10)7-5-9(12)8-11/h9-10H,2-7,12H2,1H3. The van der Waals surface area contributed by atoms with Crippen molar-refractivity contribution in [3.05, 3.63) is 0 Å². The van der Waals surface area contributed by atoms with E-state index in [1.165, 1.54) is 25.8 Å². The molecule has 1 heterocycles.